The highest BCUT2D eigenvalue weighted by Gasteiger charge is 2.16. The van der Waals surface area contributed by atoms with Gasteiger partial charge in [0.25, 0.3) is 0 Å². The van der Waals surface area contributed by atoms with Gasteiger partial charge in [-0.15, -0.1) is 0 Å². The molecule has 1 fully saturated rings. The highest BCUT2D eigenvalue weighted by Crippen LogP contribution is 2.14. The molecule has 1 unspecified atom stereocenters. The molecule has 0 bridgehead atoms. The number of nitrogens with zero attached hydrogens (tertiary/aromatic N) is 2. The minimum Gasteiger partial charge on any atom is -0.381 e. The van der Waals surface area contributed by atoms with Gasteiger partial charge in [-0.1, -0.05) is 0 Å². The Kier molecular flexibility index (Phi) is 2.63. The van der Waals surface area contributed by atoms with Gasteiger partial charge in [-0.05, 0) is 13.3 Å². The van der Waals surface area contributed by atoms with Crippen LogP contribution in [0.3, 0.4) is 0 Å². The summed E-state index contributed by atoms with van der Waals surface area (Å²) in [6, 6.07) is 0. The molecule has 0 N–H and O–H groups in total. The van der Waals surface area contributed by atoms with Crippen LogP contribution in [0.4, 0.5) is 0 Å². The van der Waals surface area contributed by atoms with E-state index in [2.05, 4.69) is 5.10 Å². The van der Waals surface area contributed by atoms with E-state index in [1.807, 2.05) is 4.68 Å². The highest BCUT2D eigenvalue weighted by molar-refractivity contribution is 5.93. The average Bonchev–Trinajstić information content (AvgIpc) is 2.75. The summed E-state index contributed by atoms with van der Waals surface area (Å²) in [4.78, 5) is 11.0. The van der Waals surface area contributed by atoms with Gasteiger partial charge in [0, 0.05) is 25.3 Å². The molecule has 0 aromatic carbocycles. The number of Topliss-reactive ketones (excluding diaryl/α,β-unsaturated/α-hetero) is 1. The smallest absolute Gasteiger partial charge is 0.162 e. The third-order valence-corrected chi connectivity index (χ3v) is 2.51. The van der Waals surface area contributed by atoms with Gasteiger partial charge in [0.15, 0.2) is 5.78 Å². The van der Waals surface area contributed by atoms with Crippen molar-refractivity contribution in [1.82, 2.24) is 9.78 Å². The molecule has 2 rings (SSSR count). The number of carbonyl (C=O) groups is 1. The zero-order valence-corrected chi connectivity index (χ0v) is 8.27. The fourth-order valence-corrected chi connectivity index (χ4v) is 1.64. The average molecular weight is 194 g/mol. The molecule has 1 saturated heterocycles. The van der Waals surface area contributed by atoms with Crippen LogP contribution in [0.25, 0.3) is 0 Å². The number of carbonyl (C=O) groups excluding carboxylic acids is 1. The van der Waals surface area contributed by atoms with Gasteiger partial charge in [0.05, 0.1) is 18.4 Å². The van der Waals surface area contributed by atoms with Gasteiger partial charge in [-0.25, -0.2) is 0 Å². The summed E-state index contributed by atoms with van der Waals surface area (Å²) in [6.07, 6.45) is 4.52. The maximum atomic E-state index is 11.0. The van der Waals surface area contributed by atoms with Crippen LogP contribution in [-0.4, -0.2) is 28.8 Å². The number of hydrogen-bond acceptors (Lipinski definition) is 3. The van der Waals surface area contributed by atoms with E-state index in [9.17, 15) is 4.79 Å². The van der Waals surface area contributed by atoms with E-state index in [1.165, 1.54) is 0 Å². The lowest BCUT2D eigenvalue weighted by molar-refractivity contribution is 0.101. The topological polar surface area (TPSA) is 44.1 Å². The molecular weight excluding hydrogens is 180 g/mol. The second-order valence-corrected chi connectivity index (χ2v) is 3.74. The summed E-state index contributed by atoms with van der Waals surface area (Å²) < 4.78 is 7.10. The molecule has 1 aliphatic heterocycles. The second-order valence-electron chi connectivity index (χ2n) is 3.74. The lowest BCUT2D eigenvalue weighted by Crippen LogP contribution is -2.10. The largest absolute Gasteiger partial charge is 0.381 e. The third-order valence-electron chi connectivity index (χ3n) is 2.51. The standard InChI is InChI=1S/C10H14N2O2/c1-8(13)10-4-11-12(6-10)5-9-2-3-14-7-9/h4,6,9H,2-3,5,7H2,1H3. The Morgan fingerprint density at radius 3 is 3.21 bits per heavy atom. The minimum atomic E-state index is 0.0684. The van der Waals surface area contributed by atoms with Gasteiger partial charge < -0.3 is 4.74 Å². The number of ether oxygens (including phenoxy) is 1. The number of hydrogen-bond donors (Lipinski definition) is 0. The first kappa shape index (κ1) is 9.40. The Hall–Kier alpha value is -1.16. The van der Waals surface area contributed by atoms with Crippen LogP contribution in [0.1, 0.15) is 23.7 Å². The van der Waals surface area contributed by atoms with Crippen molar-refractivity contribution < 1.29 is 9.53 Å². The Bertz CT molecular complexity index is 327. The molecule has 4 heteroatoms. The molecule has 0 saturated carbocycles. The molecule has 0 amide bonds. The molecule has 1 aromatic rings. The van der Waals surface area contributed by atoms with Crippen LogP contribution in [-0.2, 0) is 11.3 Å². The van der Waals surface area contributed by atoms with Gasteiger partial charge in [-0.3, -0.25) is 9.48 Å². The maximum absolute atomic E-state index is 11.0. The van der Waals surface area contributed by atoms with E-state index in [4.69, 9.17) is 4.74 Å². The molecule has 1 atom stereocenters. The van der Waals surface area contributed by atoms with E-state index in [-0.39, 0.29) is 5.78 Å². The summed E-state index contributed by atoms with van der Waals surface area (Å²) >= 11 is 0. The van der Waals surface area contributed by atoms with Crippen LogP contribution in [0, 0.1) is 5.92 Å². The van der Waals surface area contributed by atoms with Gasteiger partial charge >= 0.3 is 0 Å². The van der Waals surface area contributed by atoms with Crippen molar-refractivity contribution in [1.29, 1.82) is 0 Å². The number of rotatable bonds is 3. The molecule has 1 aromatic heterocycles. The summed E-state index contributed by atoms with van der Waals surface area (Å²) in [5.74, 6) is 0.619. The summed E-state index contributed by atoms with van der Waals surface area (Å²) in [5, 5.41) is 4.14. The molecule has 0 aliphatic carbocycles. The summed E-state index contributed by atoms with van der Waals surface area (Å²) in [6.45, 7) is 4.08. The molecule has 0 radical (unpaired) electrons. The van der Waals surface area contributed by atoms with Crippen molar-refractivity contribution in [2.45, 2.75) is 19.9 Å². The lowest BCUT2D eigenvalue weighted by Gasteiger charge is -2.06. The van der Waals surface area contributed by atoms with E-state index >= 15 is 0 Å². The van der Waals surface area contributed by atoms with E-state index in [0.29, 0.717) is 11.5 Å². The normalized spacial score (nSPS) is 21.4. The van der Waals surface area contributed by atoms with E-state index in [1.54, 1.807) is 19.3 Å². The molecule has 0 spiro atoms. The molecule has 4 nitrogen and oxygen atoms in total. The Balaban J connectivity index is 1.98. The van der Waals surface area contributed by atoms with E-state index < -0.39 is 0 Å². The van der Waals surface area contributed by atoms with Crippen LogP contribution < -0.4 is 0 Å². The zero-order valence-electron chi connectivity index (χ0n) is 8.27. The fraction of sp³-hybridized carbons (Fsp3) is 0.600. The van der Waals surface area contributed by atoms with Crippen molar-refractivity contribution in [3.63, 3.8) is 0 Å². The minimum absolute atomic E-state index is 0.0684. The van der Waals surface area contributed by atoms with Crippen molar-refractivity contribution in [3.05, 3.63) is 18.0 Å². The Morgan fingerprint density at radius 2 is 2.64 bits per heavy atom. The quantitative estimate of drug-likeness (QED) is 0.677. The second kappa shape index (κ2) is 3.92. The third kappa shape index (κ3) is 2.01. The van der Waals surface area contributed by atoms with Gasteiger partial charge in [0.1, 0.15) is 0 Å². The Labute approximate surface area is 82.9 Å². The highest BCUT2D eigenvalue weighted by atomic mass is 16.5. The van der Waals surface area contributed by atoms with Crippen molar-refractivity contribution >= 4 is 5.78 Å². The SMILES string of the molecule is CC(=O)c1cnn(CC2CCOC2)c1. The van der Waals surface area contributed by atoms with Gasteiger partial charge in [-0.2, -0.15) is 5.10 Å². The van der Waals surface area contributed by atoms with Gasteiger partial charge in [0.2, 0.25) is 0 Å². The van der Waals surface area contributed by atoms with Crippen LogP contribution in [0.2, 0.25) is 0 Å². The monoisotopic (exact) mass is 194 g/mol. The predicted molar refractivity (Wildman–Crippen MR) is 51.2 cm³/mol. The molecule has 1 aliphatic rings. The van der Waals surface area contributed by atoms with Crippen LogP contribution in [0.5, 0.6) is 0 Å². The van der Waals surface area contributed by atoms with Crippen molar-refractivity contribution in [2.75, 3.05) is 13.2 Å². The maximum Gasteiger partial charge on any atom is 0.162 e. The summed E-state index contributed by atoms with van der Waals surface area (Å²) in [5.41, 5.74) is 0.684. The van der Waals surface area contributed by atoms with Crippen molar-refractivity contribution in [2.24, 2.45) is 5.92 Å². The molecular formula is C10H14N2O2. The van der Waals surface area contributed by atoms with E-state index in [0.717, 1.165) is 26.2 Å². The Morgan fingerprint density at radius 1 is 1.79 bits per heavy atom. The first-order chi connectivity index (χ1) is 6.75. The number of ketones is 1. The molecule has 76 valence electrons. The number of aromatic nitrogens is 2. The predicted octanol–water partition coefficient (Wildman–Crippen LogP) is 1.12. The summed E-state index contributed by atoms with van der Waals surface area (Å²) in [7, 11) is 0. The molecule has 2 heterocycles. The zero-order chi connectivity index (χ0) is 9.97. The first-order valence-electron chi connectivity index (χ1n) is 4.87. The fourth-order valence-electron chi connectivity index (χ4n) is 1.64. The first-order valence-corrected chi connectivity index (χ1v) is 4.87. The lowest BCUT2D eigenvalue weighted by atomic mass is 10.1. The molecule has 14 heavy (non-hydrogen) atoms. The van der Waals surface area contributed by atoms with Crippen LogP contribution >= 0.6 is 0 Å². The van der Waals surface area contributed by atoms with Crippen molar-refractivity contribution in [3.8, 4) is 0 Å². The van der Waals surface area contributed by atoms with Crippen LogP contribution in [0.15, 0.2) is 12.4 Å².